The third-order valence-electron chi connectivity index (χ3n) is 5.78. The highest BCUT2D eigenvalue weighted by Gasteiger charge is 2.20. The van der Waals surface area contributed by atoms with E-state index >= 15 is 0 Å². The second-order valence-corrected chi connectivity index (χ2v) is 8.05. The first-order chi connectivity index (χ1) is 14.2. The molecule has 0 atom stereocenters. The van der Waals surface area contributed by atoms with Crippen LogP contribution in [0.1, 0.15) is 51.1 Å². The maximum absolute atomic E-state index is 12.1. The molecular weight excluding hydrogens is 368 g/mol. The molecule has 1 aromatic rings. The van der Waals surface area contributed by atoms with Gasteiger partial charge in [0.1, 0.15) is 6.26 Å². The second kappa shape index (κ2) is 11.8. The van der Waals surface area contributed by atoms with E-state index in [2.05, 4.69) is 32.5 Å². The van der Waals surface area contributed by atoms with Gasteiger partial charge in [-0.15, -0.1) is 0 Å². The third kappa shape index (κ3) is 7.34. The number of hydrogen-bond donors (Lipinski definition) is 2. The van der Waals surface area contributed by atoms with Crippen molar-refractivity contribution in [1.82, 2.24) is 25.6 Å². The zero-order valence-electron chi connectivity index (χ0n) is 17.7. The summed E-state index contributed by atoms with van der Waals surface area (Å²) in [4.78, 5) is 21.6. The number of nitrogens with zero attached hydrogens (tertiary/aromatic N) is 4. The van der Waals surface area contributed by atoms with Crippen molar-refractivity contribution in [2.75, 3.05) is 45.8 Å². The van der Waals surface area contributed by atoms with Crippen LogP contribution in [0.15, 0.2) is 21.8 Å². The van der Waals surface area contributed by atoms with Crippen molar-refractivity contribution in [2.45, 2.75) is 52.0 Å². The predicted octanol–water partition coefficient (Wildman–Crippen LogP) is 1.84. The van der Waals surface area contributed by atoms with E-state index < -0.39 is 0 Å². The van der Waals surface area contributed by atoms with E-state index in [0.717, 1.165) is 50.9 Å². The molecule has 1 saturated heterocycles. The summed E-state index contributed by atoms with van der Waals surface area (Å²) in [6.45, 7) is 8.75. The molecule has 1 amide bonds. The zero-order chi connectivity index (χ0) is 20.3. The largest absolute Gasteiger partial charge is 0.364 e. The number of rotatable bonds is 8. The predicted molar refractivity (Wildman–Crippen MR) is 114 cm³/mol. The normalized spacial score (nSPS) is 19.3. The van der Waals surface area contributed by atoms with Gasteiger partial charge in [0.25, 0.3) is 0 Å². The van der Waals surface area contributed by atoms with Gasteiger partial charge in [0, 0.05) is 58.3 Å². The van der Waals surface area contributed by atoms with E-state index in [1.54, 1.807) is 6.26 Å². The van der Waals surface area contributed by atoms with Gasteiger partial charge in [-0.1, -0.05) is 24.4 Å². The first-order valence-corrected chi connectivity index (χ1v) is 11.2. The summed E-state index contributed by atoms with van der Waals surface area (Å²) in [7, 11) is 0. The number of carbonyl (C=O) groups is 1. The molecule has 2 N–H and O–H groups in total. The van der Waals surface area contributed by atoms with Gasteiger partial charge < -0.3 is 20.1 Å². The van der Waals surface area contributed by atoms with Crippen LogP contribution in [0.3, 0.4) is 0 Å². The van der Waals surface area contributed by atoms with E-state index in [-0.39, 0.29) is 5.91 Å². The van der Waals surface area contributed by atoms with Crippen LogP contribution < -0.4 is 10.6 Å². The molecule has 3 rings (SSSR count). The van der Waals surface area contributed by atoms with Crippen molar-refractivity contribution in [2.24, 2.45) is 10.9 Å². The number of amides is 1. The summed E-state index contributed by atoms with van der Waals surface area (Å²) in [6.07, 6.45) is 8.60. The van der Waals surface area contributed by atoms with Gasteiger partial charge in [-0.3, -0.25) is 14.7 Å². The molecule has 8 nitrogen and oxygen atoms in total. The van der Waals surface area contributed by atoms with E-state index in [1.807, 2.05) is 6.07 Å². The van der Waals surface area contributed by atoms with Crippen LogP contribution in [0.2, 0.25) is 0 Å². The van der Waals surface area contributed by atoms with Crippen LogP contribution in [0.5, 0.6) is 0 Å². The Bertz CT molecular complexity index is 619. The molecule has 8 heteroatoms. The lowest BCUT2D eigenvalue weighted by Gasteiger charge is -2.36. The molecule has 29 heavy (non-hydrogen) atoms. The highest BCUT2D eigenvalue weighted by molar-refractivity contribution is 5.80. The fourth-order valence-corrected chi connectivity index (χ4v) is 4.17. The topological polar surface area (TPSA) is 86.0 Å². The molecule has 0 radical (unpaired) electrons. The van der Waals surface area contributed by atoms with Crippen molar-refractivity contribution in [3.05, 3.63) is 18.0 Å². The number of aliphatic imine (C=N–C) groups is 1. The molecule has 0 aromatic carbocycles. The van der Waals surface area contributed by atoms with E-state index in [1.165, 1.54) is 32.1 Å². The van der Waals surface area contributed by atoms with E-state index in [4.69, 9.17) is 9.52 Å². The molecular formula is C21H36N6O2. The Morgan fingerprint density at radius 1 is 1.21 bits per heavy atom. The first kappa shape index (κ1) is 21.6. The summed E-state index contributed by atoms with van der Waals surface area (Å²) in [5.74, 6) is 1.70. The number of hydrogen-bond acceptors (Lipinski definition) is 5. The minimum atomic E-state index is 0.179. The van der Waals surface area contributed by atoms with E-state index in [9.17, 15) is 4.79 Å². The monoisotopic (exact) mass is 404 g/mol. The highest BCUT2D eigenvalue weighted by atomic mass is 16.5. The fourth-order valence-electron chi connectivity index (χ4n) is 4.17. The number of guanidine groups is 1. The van der Waals surface area contributed by atoms with Gasteiger partial charge in [-0.25, -0.2) is 0 Å². The smallest absolute Gasteiger partial charge is 0.220 e. The second-order valence-electron chi connectivity index (χ2n) is 8.05. The minimum absolute atomic E-state index is 0.179. The summed E-state index contributed by atoms with van der Waals surface area (Å²) in [5.41, 5.74) is 0.975. The molecule has 1 saturated carbocycles. The van der Waals surface area contributed by atoms with Crippen molar-refractivity contribution < 1.29 is 9.32 Å². The van der Waals surface area contributed by atoms with Crippen LogP contribution in [0.4, 0.5) is 0 Å². The molecule has 2 aliphatic rings. The SMILES string of the molecule is CCNC(=NCCNC(=O)CC1CCCCC1)N1CCN(Cc2ccon2)CC1. The average Bonchev–Trinajstić information content (AvgIpc) is 3.25. The van der Waals surface area contributed by atoms with Crippen LogP contribution in [0.25, 0.3) is 0 Å². The van der Waals surface area contributed by atoms with Crippen molar-refractivity contribution in [3.8, 4) is 0 Å². The Hall–Kier alpha value is -2.09. The van der Waals surface area contributed by atoms with Gasteiger partial charge in [0.2, 0.25) is 5.91 Å². The third-order valence-corrected chi connectivity index (χ3v) is 5.78. The molecule has 2 fully saturated rings. The zero-order valence-corrected chi connectivity index (χ0v) is 17.7. The Morgan fingerprint density at radius 3 is 2.69 bits per heavy atom. The quantitative estimate of drug-likeness (QED) is 0.391. The molecule has 1 aliphatic carbocycles. The van der Waals surface area contributed by atoms with Gasteiger partial charge in [0.05, 0.1) is 12.2 Å². The van der Waals surface area contributed by atoms with Crippen molar-refractivity contribution in [3.63, 3.8) is 0 Å². The summed E-state index contributed by atoms with van der Waals surface area (Å²) in [5, 5.41) is 10.4. The molecule has 162 valence electrons. The summed E-state index contributed by atoms with van der Waals surface area (Å²) < 4.78 is 4.92. The van der Waals surface area contributed by atoms with Crippen LogP contribution in [0, 0.1) is 5.92 Å². The van der Waals surface area contributed by atoms with Crippen LogP contribution >= 0.6 is 0 Å². The lowest BCUT2D eigenvalue weighted by Crippen LogP contribution is -2.52. The molecule has 1 aliphatic heterocycles. The van der Waals surface area contributed by atoms with Gasteiger partial charge in [-0.05, 0) is 25.7 Å². The van der Waals surface area contributed by atoms with Gasteiger partial charge in [-0.2, -0.15) is 0 Å². The Kier molecular flexibility index (Phi) is 8.80. The number of piperazine rings is 1. The van der Waals surface area contributed by atoms with Crippen molar-refractivity contribution >= 4 is 11.9 Å². The number of carbonyl (C=O) groups excluding carboxylic acids is 1. The molecule has 2 heterocycles. The van der Waals surface area contributed by atoms with Crippen molar-refractivity contribution in [1.29, 1.82) is 0 Å². The summed E-state index contributed by atoms with van der Waals surface area (Å²) >= 11 is 0. The first-order valence-electron chi connectivity index (χ1n) is 11.2. The standard InChI is InChI=1S/C21H36N6O2/c1-2-22-21(24-10-9-23-20(28)16-18-6-4-3-5-7-18)27-13-11-26(12-14-27)17-19-8-15-29-25-19/h8,15,18H,2-7,9-14,16-17H2,1H3,(H,22,24)(H,23,28). The van der Waals surface area contributed by atoms with Crippen LogP contribution in [-0.4, -0.2) is 72.6 Å². The number of aromatic nitrogens is 1. The van der Waals surface area contributed by atoms with Crippen LogP contribution in [-0.2, 0) is 11.3 Å². The lowest BCUT2D eigenvalue weighted by atomic mass is 9.87. The molecule has 0 spiro atoms. The maximum atomic E-state index is 12.1. The summed E-state index contributed by atoms with van der Waals surface area (Å²) in [6, 6.07) is 1.92. The van der Waals surface area contributed by atoms with Gasteiger partial charge in [0.15, 0.2) is 5.96 Å². The molecule has 0 unspecified atom stereocenters. The highest BCUT2D eigenvalue weighted by Crippen LogP contribution is 2.25. The Labute approximate surface area is 174 Å². The lowest BCUT2D eigenvalue weighted by molar-refractivity contribution is -0.122. The minimum Gasteiger partial charge on any atom is -0.364 e. The van der Waals surface area contributed by atoms with E-state index in [0.29, 0.717) is 25.4 Å². The maximum Gasteiger partial charge on any atom is 0.220 e. The fraction of sp³-hybridized carbons (Fsp3) is 0.762. The molecule has 1 aromatic heterocycles. The molecule has 0 bridgehead atoms. The Morgan fingerprint density at radius 2 is 2.00 bits per heavy atom. The Balaban J connectivity index is 1.37. The average molecular weight is 405 g/mol. The number of nitrogens with one attached hydrogen (secondary N) is 2. The van der Waals surface area contributed by atoms with Gasteiger partial charge >= 0.3 is 0 Å².